The van der Waals surface area contributed by atoms with Gasteiger partial charge in [0.15, 0.2) is 0 Å². The minimum atomic E-state index is 0.490. The van der Waals surface area contributed by atoms with Crippen LogP contribution in [-0.4, -0.2) is 6.04 Å². The van der Waals surface area contributed by atoms with Crippen molar-refractivity contribution in [3.8, 4) is 0 Å². The van der Waals surface area contributed by atoms with Crippen LogP contribution in [0.25, 0.3) is 0 Å². The lowest BCUT2D eigenvalue weighted by atomic mass is 9.75. The third kappa shape index (κ3) is 3.85. The number of anilines is 1. The fourth-order valence-electron chi connectivity index (χ4n) is 2.65. The second-order valence-electron chi connectivity index (χ2n) is 5.73. The largest absolute Gasteiger partial charge is 0.381 e. The van der Waals surface area contributed by atoms with Gasteiger partial charge in [-0.15, -0.1) is 0 Å². The number of nitrogens with one attached hydrogen (secondary N) is 1. The Labute approximate surface area is 126 Å². The van der Waals surface area contributed by atoms with Gasteiger partial charge in [0.05, 0.1) is 0 Å². The van der Waals surface area contributed by atoms with Gasteiger partial charge >= 0.3 is 0 Å². The Morgan fingerprint density at radius 1 is 1.41 bits per heavy atom. The van der Waals surface area contributed by atoms with Gasteiger partial charge in [0.1, 0.15) is 0 Å². The topological polar surface area (TPSA) is 12.0 Å². The highest BCUT2D eigenvalue weighted by atomic mass is 127. The molecular formula is C14H19BrIN. The molecule has 1 aromatic rings. The summed E-state index contributed by atoms with van der Waals surface area (Å²) in [6, 6.07) is 7.08. The van der Waals surface area contributed by atoms with E-state index in [1.54, 1.807) is 0 Å². The van der Waals surface area contributed by atoms with E-state index in [-0.39, 0.29) is 0 Å². The molecule has 0 radical (unpaired) electrons. The SMILES string of the molecule is CC1(C)CCCC(Nc2cc(I)ccc2Br)C1. The molecule has 0 saturated heterocycles. The Balaban J connectivity index is 2.07. The second kappa shape index (κ2) is 5.47. The summed E-state index contributed by atoms with van der Waals surface area (Å²) < 4.78 is 2.45. The maximum Gasteiger partial charge on any atom is 0.0497 e. The second-order valence-corrected chi connectivity index (χ2v) is 7.83. The van der Waals surface area contributed by atoms with Gasteiger partial charge in [-0.25, -0.2) is 0 Å². The molecule has 0 aromatic heterocycles. The van der Waals surface area contributed by atoms with Gasteiger partial charge in [-0.3, -0.25) is 0 Å². The molecule has 1 atom stereocenters. The molecule has 1 unspecified atom stereocenters. The van der Waals surface area contributed by atoms with E-state index in [4.69, 9.17) is 0 Å². The molecule has 1 fully saturated rings. The van der Waals surface area contributed by atoms with Crippen molar-refractivity contribution in [3.63, 3.8) is 0 Å². The predicted octanol–water partition coefficient (Wildman–Crippen LogP) is 5.43. The molecular weight excluding hydrogens is 389 g/mol. The van der Waals surface area contributed by atoms with Gasteiger partial charge in [0, 0.05) is 19.8 Å². The van der Waals surface area contributed by atoms with E-state index in [0.29, 0.717) is 11.5 Å². The number of hydrogen-bond donors (Lipinski definition) is 1. The highest BCUT2D eigenvalue weighted by Gasteiger charge is 2.27. The first kappa shape index (κ1) is 13.7. The molecule has 1 saturated carbocycles. The van der Waals surface area contributed by atoms with Crippen LogP contribution in [0, 0.1) is 8.99 Å². The quantitative estimate of drug-likeness (QED) is 0.644. The van der Waals surface area contributed by atoms with Crippen LogP contribution in [0.1, 0.15) is 39.5 Å². The van der Waals surface area contributed by atoms with Crippen LogP contribution in [0.5, 0.6) is 0 Å². The van der Waals surface area contributed by atoms with Gasteiger partial charge < -0.3 is 5.32 Å². The number of rotatable bonds is 2. The van der Waals surface area contributed by atoms with Crippen molar-refractivity contribution in [2.75, 3.05) is 5.32 Å². The van der Waals surface area contributed by atoms with Crippen LogP contribution in [0.2, 0.25) is 0 Å². The van der Waals surface area contributed by atoms with Gasteiger partial charge in [-0.05, 0) is 81.4 Å². The Hall–Kier alpha value is 0.230. The molecule has 0 heterocycles. The average molecular weight is 408 g/mol. The van der Waals surface area contributed by atoms with Crippen molar-refractivity contribution >= 4 is 44.2 Å². The number of hydrogen-bond acceptors (Lipinski definition) is 1. The molecule has 0 bridgehead atoms. The van der Waals surface area contributed by atoms with Crippen molar-refractivity contribution in [1.82, 2.24) is 0 Å². The molecule has 1 N–H and O–H groups in total. The Kier molecular flexibility index (Phi) is 4.40. The van der Waals surface area contributed by atoms with Gasteiger partial charge in [-0.2, -0.15) is 0 Å². The Bertz CT molecular complexity index is 403. The van der Waals surface area contributed by atoms with E-state index in [1.165, 1.54) is 39.4 Å². The maximum atomic E-state index is 3.69. The number of benzene rings is 1. The molecule has 94 valence electrons. The average Bonchev–Trinajstić information content (AvgIpc) is 2.22. The first-order chi connectivity index (χ1) is 7.96. The fraction of sp³-hybridized carbons (Fsp3) is 0.571. The highest BCUT2D eigenvalue weighted by Crippen LogP contribution is 2.37. The number of halogens is 2. The smallest absolute Gasteiger partial charge is 0.0497 e. The summed E-state index contributed by atoms with van der Waals surface area (Å²) in [5.41, 5.74) is 1.73. The normalized spacial score (nSPS) is 23.4. The van der Waals surface area contributed by atoms with Crippen molar-refractivity contribution in [2.24, 2.45) is 5.41 Å². The lowest BCUT2D eigenvalue weighted by Crippen LogP contribution is -2.31. The summed E-state index contributed by atoms with van der Waals surface area (Å²) in [6.07, 6.45) is 5.26. The highest BCUT2D eigenvalue weighted by molar-refractivity contribution is 14.1. The van der Waals surface area contributed by atoms with Gasteiger partial charge in [-0.1, -0.05) is 20.3 Å². The van der Waals surface area contributed by atoms with Gasteiger partial charge in [0.25, 0.3) is 0 Å². The molecule has 2 rings (SSSR count). The minimum Gasteiger partial charge on any atom is -0.381 e. The molecule has 3 heteroatoms. The first-order valence-electron chi connectivity index (χ1n) is 6.18. The van der Waals surface area contributed by atoms with E-state index in [1.807, 2.05) is 0 Å². The maximum absolute atomic E-state index is 3.69. The van der Waals surface area contributed by atoms with E-state index >= 15 is 0 Å². The predicted molar refractivity (Wildman–Crippen MR) is 86.5 cm³/mol. The standard InChI is InChI=1S/C14H19BrIN/c1-14(2)7-3-4-11(9-14)17-13-8-10(16)5-6-12(13)15/h5-6,8,11,17H,3-4,7,9H2,1-2H3. The lowest BCUT2D eigenvalue weighted by molar-refractivity contribution is 0.229. The zero-order valence-electron chi connectivity index (χ0n) is 10.4. The molecule has 17 heavy (non-hydrogen) atoms. The Morgan fingerprint density at radius 3 is 2.88 bits per heavy atom. The van der Waals surface area contributed by atoms with Crippen LogP contribution < -0.4 is 5.32 Å². The lowest BCUT2D eigenvalue weighted by Gasteiger charge is -2.36. The first-order valence-corrected chi connectivity index (χ1v) is 8.05. The van der Waals surface area contributed by atoms with E-state index in [9.17, 15) is 0 Å². The van der Waals surface area contributed by atoms with E-state index < -0.39 is 0 Å². The zero-order chi connectivity index (χ0) is 12.5. The van der Waals surface area contributed by atoms with Crippen molar-refractivity contribution < 1.29 is 0 Å². The molecule has 1 nitrogen and oxygen atoms in total. The summed E-state index contributed by atoms with van der Waals surface area (Å²) in [5, 5.41) is 3.69. The summed E-state index contributed by atoms with van der Waals surface area (Å²) in [4.78, 5) is 0. The third-order valence-electron chi connectivity index (χ3n) is 3.49. The third-order valence-corrected chi connectivity index (χ3v) is 4.86. The zero-order valence-corrected chi connectivity index (χ0v) is 14.1. The minimum absolute atomic E-state index is 0.490. The molecule has 0 spiro atoms. The van der Waals surface area contributed by atoms with Crippen molar-refractivity contribution in [3.05, 3.63) is 26.2 Å². The van der Waals surface area contributed by atoms with Crippen molar-refractivity contribution in [2.45, 2.75) is 45.6 Å². The van der Waals surface area contributed by atoms with Crippen LogP contribution in [0.3, 0.4) is 0 Å². The summed E-state index contributed by atoms with van der Waals surface area (Å²) in [7, 11) is 0. The monoisotopic (exact) mass is 407 g/mol. The summed E-state index contributed by atoms with van der Waals surface area (Å²) in [5.74, 6) is 0. The van der Waals surface area contributed by atoms with Crippen LogP contribution in [0.15, 0.2) is 22.7 Å². The van der Waals surface area contributed by atoms with Crippen LogP contribution in [0.4, 0.5) is 5.69 Å². The molecule has 0 amide bonds. The molecule has 1 aliphatic rings. The summed E-state index contributed by atoms with van der Waals surface area (Å²) in [6.45, 7) is 4.76. The van der Waals surface area contributed by atoms with Crippen LogP contribution in [-0.2, 0) is 0 Å². The fourth-order valence-corrected chi connectivity index (χ4v) is 3.50. The van der Waals surface area contributed by atoms with Gasteiger partial charge in [0.2, 0.25) is 0 Å². The summed E-state index contributed by atoms with van der Waals surface area (Å²) >= 11 is 5.98. The van der Waals surface area contributed by atoms with Crippen molar-refractivity contribution in [1.29, 1.82) is 0 Å². The molecule has 1 aliphatic carbocycles. The molecule has 1 aromatic carbocycles. The van der Waals surface area contributed by atoms with E-state index in [0.717, 1.165) is 0 Å². The van der Waals surface area contributed by atoms with E-state index in [2.05, 4.69) is 75.9 Å². The Morgan fingerprint density at radius 2 is 2.18 bits per heavy atom. The van der Waals surface area contributed by atoms with Crippen LogP contribution >= 0.6 is 38.5 Å². The molecule has 0 aliphatic heterocycles.